The molecule has 5 nitrogen and oxygen atoms in total. The van der Waals surface area contributed by atoms with Gasteiger partial charge in [-0.15, -0.1) is 0 Å². The van der Waals surface area contributed by atoms with Crippen LogP contribution in [0.5, 0.6) is 0 Å². The Morgan fingerprint density at radius 1 is 0.839 bits per heavy atom. The first-order valence-electron chi connectivity index (χ1n) is 9.12. The lowest BCUT2D eigenvalue weighted by Crippen LogP contribution is -2.32. The van der Waals surface area contributed by atoms with Crippen LogP contribution in [-0.2, 0) is 4.79 Å². The van der Waals surface area contributed by atoms with Gasteiger partial charge in [-0.25, -0.2) is 0 Å². The summed E-state index contributed by atoms with van der Waals surface area (Å²) in [5.41, 5.74) is 2.33. The molecule has 0 aliphatic carbocycles. The number of rotatable bonds is 5. The Kier molecular flexibility index (Phi) is 7.78. The Morgan fingerprint density at radius 2 is 1.55 bits per heavy atom. The van der Waals surface area contributed by atoms with Gasteiger partial charge in [-0.1, -0.05) is 59.6 Å². The molecule has 0 radical (unpaired) electrons. The molecule has 3 rings (SSSR count). The smallest absolute Gasteiger partial charge is 0.257 e. The predicted octanol–water partition coefficient (Wildman–Crippen LogP) is 5.77. The largest absolute Gasteiger partial charge is 0.332 e. The zero-order chi connectivity index (χ0) is 22.2. The number of carbonyl (C=O) groups excluding carboxylic acids is 2. The van der Waals surface area contributed by atoms with E-state index in [1.54, 1.807) is 42.5 Å². The minimum Gasteiger partial charge on any atom is -0.332 e. The molecule has 0 aliphatic rings. The predicted molar refractivity (Wildman–Crippen MR) is 131 cm³/mol. The maximum Gasteiger partial charge on any atom is 0.257 e. The first-order chi connectivity index (χ1) is 14.9. The van der Waals surface area contributed by atoms with Crippen LogP contribution in [0.4, 0.5) is 11.4 Å². The molecule has 0 unspecified atom stereocenters. The minimum absolute atomic E-state index is 0.131. The highest BCUT2D eigenvalue weighted by molar-refractivity contribution is 7.80. The topological polar surface area (TPSA) is 70.2 Å². The number of thiocarbonyl (C=S) groups is 1. The van der Waals surface area contributed by atoms with Gasteiger partial charge in [-0.2, -0.15) is 0 Å². The number of amides is 2. The van der Waals surface area contributed by atoms with Gasteiger partial charge in [0.15, 0.2) is 5.11 Å². The molecule has 0 aromatic heterocycles. The third kappa shape index (κ3) is 6.93. The monoisotopic (exact) mass is 469 g/mol. The molecule has 0 fully saturated rings. The molecule has 2 amide bonds. The second-order valence-corrected chi connectivity index (χ2v) is 7.60. The van der Waals surface area contributed by atoms with Crippen molar-refractivity contribution in [2.45, 2.75) is 0 Å². The van der Waals surface area contributed by atoms with Gasteiger partial charge in [0.05, 0.1) is 10.6 Å². The SMILES string of the molecule is O=C(C=Cc1ccccc1)NC(=S)Nc1cccc(NC(=O)c2ccc(Cl)cc2Cl)c1. The van der Waals surface area contributed by atoms with Gasteiger partial charge in [0.25, 0.3) is 5.91 Å². The number of carbonyl (C=O) groups is 2. The van der Waals surface area contributed by atoms with E-state index in [2.05, 4.69) is 16.0 Å². The van der Waals surface area contributed by atoms with Crippen LogP contribution in [0.25, 0.3) is 6.08 Å². The third-order valence-electron chi connectivity index (χ3n) is 4.02. The molecular formula is C23H17Cl2N3O2S. The molecule has 31 heavy (non-hydrogen) atoms. The standard InChI is InChI=1S/C23H17Cl2N3O2S/c24-16-10-11-19(20(25)13-16)22(30)26-17-7-4-8-18(14-17)27-23(31)28-21(29)12-9-15-5-2-1-3-6-15/h1-14H,(H,26,30)(H2,27,28,29,31). The molecule has 0 saturated carbocycles. The highest BCUT2D eigenvalue weighted by Crippen LogP contribution is 2.23. The average molecular weight is 470 g/mol. The number of anilines is 2. The minimum atomic E-state index is -0.374. The van der Waals surface area contributed by atoms with Crippen molar-refractivity contribution in [2.24, 2.45) is 0 Å². The zero-order valence-corrected chi connectivity index (χ0v) is 18.4. The van der Waals surface area contributed by atoms with Crippen LogP contribution in [0.3, 0.4) is 0 Å². The van der Waals surface area contributed by atoms with Crippen molar-refractivity contribution in [1.82, 2.24) is 5.32 Å². The maximum absolute atomic E-state index is 12.5. The molecule has 3 aromatic carbocycles. The summed E-state index contributed by atoms with van der Waals surface area (Å²) in [7, 11) is 0. The van der Waals surface area contributed by atoms with E-state index in [9.17, 15) is 9.59 Å². The Balaban J connectivity index is 1.58. The van der Waals surface area contributed by atoms with Gasteiger partial charge in [0.2, 0.25) is 5.91 Å². The molecule has 3 N–H and O–H groups in total. The number of hydrogen-bond donors (Lipinski definition) is 3. The lowest BCUT2D eigenvalue weighted by Gasteiger charge is -2.11. The first kappa shape index (κ1) is 22.5. The van der Waals surface area contributed by atoms with Crippen molar-refractivity contribution < 1.29 is 9.59 Å². The summed E-state index contributed by atoms with van der Waals surface area (Å²) in [5, 5.41) is 9.09. The van der Waals surface area contributed by atoms with Crippen molar-refractivity contribution in [3.8, 4) is 0 Å². The van der Waals surface area contributed by atoms with Crippen LogP contribution in [0, 0.1) is 0 Å². The Bertz CT molecular complexity index is 1150. The molecule has 0 atom stereocenters. The van der Waals surface area contributed by atoms with E-state index in [-0.39, 0.29) is 21.9 Å². The van der Waals surface area contributed by atoms with Crippen LogP contribution in [-0.4, -0.2) is 16.9 Å². The molecule has 8 heteroatoms. The van der Waals surface area contributed by atoms with E-state index in [4.69, 9.17) is 35.4 Å². The summed E-state index contributed by atoms with van der Waals surface area (Å²) in [6.45, 7) is 0. The second-order valence-electron chi connectivity index (χ2n) is 6.35. The molecule has 0 aliphatic heterocycles. The van der Waals surface area contributed by atoms with Gasteiger partial charge < -0.3 is 10.6 Å². The summed E-state index contributed by atoms with van der Waals surface area (Å²) in [6, 6.07) is 21.0. The number of nitrogens with one attached hydrogen (secondary N) is 3. The van der Waals surface area contributed by atoms with E-state index in [0.717, 1.165) is 5.56 Å². The molecule has 0 spiro atoms. The van der Waals surface area contributed by atoms with Crippen molar-refractivity contribution in [1.29, 1.82) is 0 Å². The van der Waals surface area contributed by atoms with E-state index in [0.29, 0.717) is 22.0 Å². The van der Waals surface area contributed by atoms with Crippen LogP contribution in [0.1, 0.15) is 15.9 Å². The van der Waals surface area contributed by atoms with Crippen molar-refractivity contribution in [2.75, 3.05) is 10.6 Å². The number of halogens is 2. The van der Waals surface area contributed by atoms with Crippen LogP contribution < -0.4 is 16.0 Å². The lowest BCUT2D eigenvalue weighted by molar-refractivity contribution is -0.115. The first-order valence-corrected chi connectivity index (χ1v) is 10.3. The van der Waals surface area contributed by atoms with E-state index < -0.39 is 0 Å². The average Bonchev–Trinajstić information content (AvgIpc) is 2.73. The Hall–Kier alpha value is -3.19. The molecule has 0 saturated heterocycles. The van der Waals surface area contributed by atoms with Crippen molar-refractivity contribution in [3.05, 3.63) is 100 Å². The zero-order valence-electron chi connectivity index (χ0n) is 16.1. The molecule has 3 aromatic rings. The van der Waals surface area contributed by atoms with E-state index >= 15 is 0 Å². The quantitative estimate of drug-likeness (QED) is 0.327. The number of benzene rings is 3. The normalized spacial score (nSPS) is 10.5. The van der Waals surface area contributed by atoms with Gasteiger partial charge in [0, 0.05) is 22.5 Å². The summed E-state index contributed by atoms with van der Waals surface area (Å²) in [4.78, 5) is 24.5. The Labute approximate surface area is 195 Å². The maximum atomic E-state index is 12.5. The third-order valence-corrected chi connectivity index (χ3v) is 4.77. The molecule has 156 valence electrons. The van der Waals surface area contributed by atoms with Crippen LogP contribution in [0.15, 0.2) is 78.9 Å². The summed E-state index contributed by atoms with van der Waals surface area (Å²) >= 11 is 17.1. The summed E-state index contributed by atoms with van der Waals surface area (Å²) in [5.74, 6) is -0.732. The molecule has 0 heterocycles. The van der Waals surface area contributed by atoms with E-state index in [1.807, 2.05) is 30.3 Å². The van der Waals surface area contributed by atoms with Gasteiger partial charge >= 0.3 is 0 Å². The van der Waals surface area contributed by atoms with Gasteiger partial charge in [-0.3, -0.25) is 14.9 Å². The number of hydrogen-bond acceptors (Lipinski definition) is 3. The highest BCUT2D eigenvalue weighted by Gasteiger charge is 2.11. The van der Waals surface area contributed by atoms with Gasteiger partial charge in [0.1, 0.15) is 0 Å². The van der Waals surface area contributed by atoms with Gasteiger partial charge in [-0.05, 0) is 60.3 Å². The van der Waals surface area contributed by atoms with Crippen molar-refractivity contribution >= 4 is 69.8 Å². The second kappa shape index (κ2) is 10.7. The Morgan fingerprint density at radius 3 is 2.26 bits per heavy atom. The fourth-order valence-corrected chi connectivity index (χ4v) is 3.31. The lowest BCUT2D eigenvalue weighted by atomic mass is 10.2. The summed E-state index contributed by atoms with van der Waals surface area (Å²) < 4.78 is 0. The van der Waals surface area contributed by atoms with E-state index in [1.165, 1.54) is 12.1 Å². The van der Waals surface area contributed by atoms with Crippen LogP contribution in [0.2, 0.25) is 10.0 Å². The van der Waals surface area contributed by atoms with Crippen molar-refractivity contribution in [3.63, 3.8) is 0 Å². The molecular weight excluding hydrogens is 453 g/mol. The fourth-order valence-electron chi connectivity index (χ4n) is 2.60. The fraction of sp³-hybridized carbons (Fsp3) is 0. The van der Waals surface area contributed by atoms with Crippen LogP contribution >= 0.6 is 35.4 Å². The highest BCUT2D eigenvalue weighted by atomic mass is 35.5. The molecule has 0 bridgehead atoms. The summed E-state index contributed by atoms with van der Waals surface area (Å²) in [6.07, 6.45) is 3.09.